The van der Waals surface area contributed by atoms with Crippen molar-refractivity contribution in [2.45, 2.75) is 19.8 Å². The molecule has 6 nitrogen and oxygen atoms in total. The van der Waals surface area contributed by atoms with Gasteiger partial charge in [0.2, 0.25) is 0 Å². The van der Waals surface area contributed by atoms with Gasteiger partial charge in [-0.05, 0) is 37.8 Å². The van der Waals surface area contributed by atoms with Crippen LogP contribution in [0.3, 0.4) is 0 Å². The maximum absolute atomic E-state index is 12.5. The van der Waals surface area contributed by atoms with Gasteiger partial charge in [-0.25, -0.2) is 0 Å². The molecule has 1 aliphatic rings. The lowest BCUT2D eigenvalue weighted by atomic mass is 9.97. The number of rotatable bonds is 5. The number of pyridine rings is 1. The third kappa shape index (κ3) is 4.26. The Bertz CT molecular complexity index is 519. The fraction of sp³-hybridized carbons (Fsp3) is 0.533. The van der Waals surface area contributed by atoms with Crippen LogP contribution in [-0.2, 0) is 4.79 Å². The number of hydrogen-bond donors (Lipinski definition) is 2. The highest BCUT2D eigenvalue weighted by atomic mass is 16.4. The lowest BCUT2D eigenvalue weighted by Gasteiger charge is -2.33. The van der Waals surface area contributed by atoms with E-state index in [2.05, 4.69) is 10.3 Å². The predicted octanol–water partition coefficient (Wildman–Crippen LogP) is 0.916. The number of amides is 1. The van der Waals surface area contributed by atoms with E-state index in [0.29, 0.717) is 24.6 Å². The van der Waals surface area contributed by atoms with Crippen LogP contribution in [0, 0.1) is 12.8 Å². The molecule has 0 radical (unpaired) electrons. The minimum absolute atomic E-state index is 0.0172. The molecule has 2 heterocycles. The zero-order chi connectivity index (χ0) is 15.2. The fourth-order valence-corrected chi connectivity index (χ4v) is 2.68. The summed E-state index contributed by atoms with van der Waals surface area (Å²) in [5, 5.41) is 11.5. The smallest absolute Gasteiger partial charge is 0.317 e. The summed E-state index contributed by atoms with van der Waals surface area (Å²) >= 11 is 0. The number of aromatic nitrogens is 1. The second-order valence-electron chi connectivity index (χ2n) is 5.42. The molecule has 114 valence electrons. The molecule has 2 rings (SSSR count). The molecule has 0 aromatic carbocycles. The van der Waals surface area contributed by atoms with Gasteiger partial charge in [-0.2, -0.15) is 0 Å². The van der Waals surface area contributed by atoms with E-state index in [1.54, 1.807) is 18.3 Å². The third-order valence-electron chi connectivity index (χ3n) is 3.75. The fourth-order valence-electron chi connectivity index (χ4n) is 2.68. The third-order valence-corrected chi connectivity index (χ3v) is 3.75. The highest BCUT2D eigenvalue weighted by molar-refractivity contribution is 5.95. The summed E-state index contributed by atoms with van der Waals surface area (Å²) in [5.74, 6) is -0.535. The zero-order valence-electron chi connectivity index (χ0n) is 12.2. The Morgan fingerprint density at radius 2 is 2.33 bits per heavy atom. The van der Waals surface area contributed by atoms with Crippen LogP contribution in [-0.4, -0.2) is 53.0 Å². The topological polar surface area (TPSA) is 82.5 Å². The number of nitrogens with zero attached hydrogens (tertiary/aromatic N) is 2. The molecule has 1 saturated heterocycles. The Morgan fingerprint density at radius 3 is 3.05 bits per heavy atom. The molecule has 1 amide bonds. The first kappa shape index (κ1) is 15.4. The van der Waals surface area contributed by atoms with Gasteiger partial charge < -0.3 is 15.3 Å². The van der Waals surface area contributed by atoms with Crippen molar-refractivity contribution < 1.29 is 14.7 Å². The highest BCUT2D eigenvalue weighted by Gasteiger charge is 2.25. The molecule has 0 bridgehead atoms. The number of likely N-dealkylation sites (tertiary alicyclic amines) is 1. The van der Waals surface area contributed by atoms with E-state index in [1.807, 2.05) is 11.8 Å². The monoisotopic (exact) mass is 291 g/mol. The van der Waals surface area contributed by atoms with Crippen molar-refractivity contribution >= 4 is 11.9 Å². The van der Waals surface area contributed by atoms with Crippen molar-refractivity contribution in [3.05, 3.63) is 29.6 Å². The van der Waals surface area contributed by atoms with Crippen LogP contribution in [0.15, 0.2) is 18.3 Å². The van der Waals surface area contributed by atoms with E-state index in [4.69, 9.17) is 5.11 Å². The van der Waals surface area contributed by atoms with E-state index in [1.165, 1.54) is 0 Å². The standard InChI is InChI=1S/C15H21N3O3/c1-11-13(5-2-6-17-11)15(21)18-7-3-4-12(10-18)8-16-9-14(19)20/h2,5-6,12,16H,3-4,7-10H2,1H3,(H,19,20). The van der Waals surface area contributed by atoms with Gasteiger partial charge >= 0.3 is 5.97 Å². The summed E-state index contributed by atoms with van der Waals surface area (Å²) < 4.78 is 0. The first-order chi connectivity index (χ1) is 10.1. The summed E-state index contributed by atoms with van der Waals surface area (Å²) in [5.41, 5.74) is 1.39. The molecule has 1 aromatic heterocycles. The van der Waals surface area contributed by atoms with E-state index in [-0.39, 0.29) is 12.5 Å². The predicted molar refractivity (Wildman–Crippen MR) is 78.1 cm³/mol. The van der Waals surface area contributed by atoms with Crippen LogP contribution in [0.2, 0.25) is 0 Å². The van der Waals surface area contributed by atoms with E-state index in [0.717, 1.165) is 25.1 Å². The lowest BCUT2D eigenvalue weighted by Crippen LogP contribution is -2.43. The van der Waals surface area contributed by atoms with Gasteiger partial charge in [0.1, 0.15) is 0 Å². The Kier molecular flexibility index (Phi) is 5.27. The number of aliphatic carboxylic acids is 1. The molecule has 2 N–H and O–H groups in total. The molecule has 0 saturated carbocycles. The summed E-state index contributed by atoms with van der Waals surface area (Å²) in [6, 6.07) is 3.58. The largest absolute Gasteiger partial charge is 0.480 e. The molecule has 1 aromatic rings. The summed E-state index contributed by atoms with van der Waals surface area (Å²) in [6.07, 6.45) is 3.65. The molecule has 6 heteroatoms. The molecule has 1 atom stereocenters. The van der Waals surface area contributed by atoms with Crippen LogP contribution in [0.25, 0.3) is 0 Å². The van der Waals surface area contributed by atoms with Crippen LogP contribution in [0.1, 0.15) is 28.9 Å². The Balaban J connectivity index is 1.93. The first-order valence-electron chi connectivity index (χ1n) is 7.21. The van der Waals surface area contributed by atoms with Gasteiger partial charge in [-0.15, -0.1) is 0 Å². The number of carbonyl (C=O) groups is 2. The molecular formula is C15H21N3O3. The minimum atomic E-state index is -0.857. The number of carboxylic acid groups (broad SMARTS) is 1. The van der Waals surface area contributed by atoms with Crippen LogP contribution >= 0.6 is 0 Å². The molecule has 1 unspecified atom stereocenters. The van der Waals surface area contributed by atoms with Crippen LogP contribution in [0.5, 0.6) is 0 Å². The van der Waals surface area contributed by atoms with Gasteiger partial charge in [0.15, 0.2) is 0 Å². The summed E-state index contributed by atoms with van der Waals surface area (Å²) in [7, 11) is 0. The first-order valence-corrected chi connectivity index (χ1v) is 7.21. The number of carboxylic acids is 1. The molecule has 0 aliphatic carbocycles. The van der Waals surface area contributed by atoms with Crippen molar-refractivity contribution in [3.63, 3.8) is 0 Å². The Hall–Kier alpha value is -1.95. The van der Waals surface area contributed by atoms with E-state index < -0.39 is 5.97 Å². The van der Waals surface area contributed by atoms with Gasteiger partial charge in [-0.1, -0.05) is 0 Å². The number of hydrogen-bond acceptors (Lipinski definition) is 4. The normalized spacial score (nSPS) is 18.5. The average Bonchev–Trinajstić information content (AvgIpc) is 2.47. The second-order valence-corrected chi connectivity index (χ2v) is 5.42. The van der Waals surface area contributed by atoms with Gasteiger partial charge in [0.25, 0.3) is 5.91 Å². The van der Waals surface area contributed by atoms with Gasteiger partial charge in [-0.3, -0.25) is 14.6 Å². The number of carbonyl (C=O) groups excluding carboxylic acids is 1. The lowest BCUT2D eigenvalue weighted by molar-refractivity contribution is -0.136. The zero-order valence-corrected chi connectivity index (χ0v) is 12.2. The molecular weight excluding hydrogens is 270 g/mol. The quantitative estimate of drug-likeness (QED) is 0.843. The Labute approximate surface area is 124 Å². The maximum Gasteiger partial charge on any atom is 0.317 e. The maximum atomic E-state index is 12.5. The molecule has 21 heavy (non-hydrogen) atoms. The highest BCUT2D eigenvalue weighted by Crippen LogP contribution is 2.18. The number of nitrogens with one attached hydrogen (secondary N) is 1. The van der Waals surface area contributed by atoms with Crippen molar-refractivity contribution in [1.82, 2.24) is 15.2 Å². The minimum Gasteiger partial charge on any atom is -0.480 e. The molecule has 1 aliphatic heterocycles. The SMILES string of the molecule is Cc1ncccc1C(=O)N1CCCC(CNCC(=O)O)C1. The van der Waals surface area contributed by atoms with Gasteiger partial charge in [0.05, 0.1) is 12.1 Å². The molecule has 1 fully saturated rings. The summed E-state index contributed by atoms with van der Waals surface area (Å²) in [4.78, 5) is 29.0. The van der Waals surface area contributed by atoms with Crippen molar-refractivity contribution in [2.24, 2.45) is 5.92 Å². The van der Waals surface area contributed by atoms with Gasteiger partial charge in [0, 0.05) is 31.5 Å². The Morgan fingerprint density at radius 1 is 1.52 bits per heavy atom. The van der Waals surface area contributed by atoms with Crippen molar-refractivity contribution in [3.8, 4) is 0 Å². The second kappa shape index (κ2) is 7.17. The van der Waals surface area contributed by atoms with Crippen molar-refractivity contribution in [2.75, 3.05) is 26.2 Å². The molecule has 0 spiro atoms. The number of aryl methyl sites for hydroxylation is 1. The van der Waals surface area contributed by atoms with E-state index >= 15 is 0 Å². The van der Waals surface area contributed by atoms with E-state index in [9.17, 15) is 9.59 Å². The van der Waals surface area contributed by atoms with Crippen molar-refractivity contribution in [1.29, 1.82) is 0 Å². The number of piperidine rings is 1. The van der Waals surface area contributed by atoms with Crippen LogP contribution in [0.4, 0.5) is 0 Å². The summed E-state index contributed by atoms with van der Waals surface area (Å²) in [6.45, 7) is 3.85. The van der Waals surface area contributed by atoms with Crippen LogP contribution < -0.4 is 5.32 Å². The average molecular weight is 291 g/mol.